The number of nitrogens with one attached hydrogen (secondary N) is 2. The molecule has 0 saturated carbocycles. The van der Waals surface area contributed by atoms with E-state index in [1.807, 2.05) is 26.0 Å². The smallest absolute Gasteiger partial charge is 0.257 e. The molecule has 0 spiro atoms. The molecule has 0 aliphatic heterocycles. The number of hydrogen-bond acceptors (Lipinski definition) is 3. The fourth-order valence-electron chi connectivity index (χ4n) is 2.75. The predicted molar refractivity (Wildman–Crippen MR) is 118 cm³/mol. The summed E-state index contributed by atoms with van der Waals surface area (Å²) in [5, 5.41) is 5.85. The lowest BCUT2D eigenvalue weighted by molar-refractivity contribution is 0.0772. The summed E-state index contributed by atoms with van der Waals surface area (Å²) in [5.74, 6) is 0.148. The van der Waals surface area contributed by atoms with Crippen LogP contribution in [0.15, 0.2) is 48.5 Å². The van der Waals surface area contributed by atoms with Crippen molar-refractivity contribution >= 4 is 34.8 Å². The first-order valence-corrected chi connectivity index (χ1v) is 9.88. The molecule has 0 aliphatic rings. The van der Waals surface area contributed by atoms with Gasteiger partial charge in [0, 0.05) is 29.9 Å². The van der Waals surface area contributed by atoms with Gasteiger partial charge in [0.05, 0.1) is 0 Å². The van der Waals surface area contributed by atoms with Crippen LogP contribution in [0, 0.1) is 0 Å². The Kier molecular flexibility index (Phi) is 7.70. The van der Waals surface area contributed by atoms with Gasteiger partial charge in [0.15, 0.2) is 5.11 Å². The average molecular weight is 398 g/mol. The van der Waals surface area contributed by atoms with Crippen molar-refractivity contribution in [3.8, 4) is 0 Å². The molecule has 2 amide bonds. The van der Waals surface area contributed by atoms with Crippen molar-refractivity contribution in [3.63, 3.8) is 0 Å². The molecule has 148 valence electrons. The second-order valence-corrected chi connectivity index (χ2v) is 7.15. The van der Waals surface area contributed by atoms with Crippen molar-refractivity contribution in [1.29, 1.82) is 0 Å². The van der Waals surface area contributed by atoms with E-state index < -0.39 is 0 Å². The highest BCUT2D eigenvalue weighted by molar-refractivity contribution is 7.80. The third kappa shape index (κ3) is 5.63. The Labute approximate surface area is 172 Å². The zero-order valence-electron chi connectivity index (χ0n) is 16.8. The number of nitrogens with zero attached hydrogens (tertiary/aromatic N) is 1. The van der Waals surface area contributed by atoms with Crippen LogP contribution >= 0.6 is 12.2 Å². The zero-order chi connectivity index (χ0) is 20.7. The number of carbonyl (C=O) groups is 2. The largest absolute Gasteiger partial charge is 0.339 e. The summed E-state index contributed by atoms with van der Waals surface area (Å²) >= 11 is 5.22. The van der Waals surface area contributed by atoms with Crippen molar-refractivity contribution < 1.29 is 9.59 Å². The Bertz CT molecular complexity index is 826. The van der Waals surface area contributed by atoms with Crippen LogP contribution in [0.5, 0.6) is 0 Å². The number of hydrogen-bond donors (Lipinski definition) is 2. The highest BCUT2D eigenvalue weighted by Crippen LogP contribution is 2.15. The van der Waals surface area contributed by atoms with E-state index in [2.05, 4.69) is 24.5 Å². The molecule has 0 unspecified atom stereocenters. The molecule has 0 aromatic heterocycles. The van der Waals surface area contributed by atoms with E-state index in [-0.39, 0.29) is 16.9 Å². The van der Waals surface area contributed by atoms with Gasteiger partial charge in [0.2, 0.25) is 0 Å². The van der Waals surface area contributed by atoms with E-state index in [0.717, 1.165) is 0 Å². The Morgan fingerprint density at radius 2 is 1.46 bits per heavy atom. The molecule has 0 fully saturated rings. The van der Waals surface area contributed by atoms with E-state index >= 15 is 0 Å². The second kappa shape index (κ2) is 9.99. The molecule has 2 rings (SSSR count). The number of benzene rings is 2. The molecule has 0 aliphatic carbocycles. The summed E-state index contributed by atoms with van der Waals surface area (Å²) < 4.78 is 0. The van der Waals surface area contributed by atoms with Crippen LogP contribution in [-0.2, 0) is 0 Å². The molecule has 28 heavy (non-hydrogen) atoms. The van der Waals surface area contributed by atoms with Crippen LogP contribution in [0.3, 0.4) is 0 Å². The molecule has 2 N–H and O–H groups in total. The van der Waals surface area contributed by atoms with Gasteiger partial charge in [0.1, 0.15) is 0 Å². The van der Waals surface area contributed by atoms with Crippen molar-refractivity contribution in [1.82, 2.24) is 10.2 Å². The van der Waals surface area contributed by atoms with E-state index in [0.29, 0.717) is 35.8 Å². The summed E-state index contributed by atoms with van der Waals surface area (Å²) in [5.41, 5.74) is 3.05. The highest BCUT2D eigenvalue weighted by atomic mass is 32.1. The van der Waals surface area contributed by atoms with Crippen LogP contribution in [0.4, 0.5) is 5.69 Å². The van der Waals surface area contributed by atoms with Gasteiger partial charge in [-0.15, -0.1) is 0 Å². The molecule has 0 saturated heterocycles. The summed E-state index contributed by atoms with van der Waals surface area (Å²) in [7, 11) is 0. The van der Waals surface area contributed by atoms with Gasteiger partial charge in [0.25, 0.3) is 11.8 Å². The predicted octanol–water partition coefficient (Wildman–Crippen LogP) is 4.42. The first-order valence-electron chi connectivity index (χ1n) is 9.47. The zero-order valence-corrected chi connectivity index (χ0v) is 17.6. The SMILES string of the molecule is CCN(CC)C(=O)c1ccc(NC(=S)NC(=O)c2ccc(C(C)C)cc2)cc1. The molecule has 0 bridgehead atoms. The molecule has 0 radical (unpaired) electrons. The minimum Gasteiger partial charge on any atom is -0.339 e. The maximum Gasteiger partial charge on any atom is 0.257 e. The van der Waals surface area contributed by atoms with Crippen molar-refractivity contribution in [2.24, 2.45) is 0 Å². The molecule has 2 aromatic rings. The number of thiocarbonyl (C=S) groups is 1. The number of carbonyl (C=O) groups excluding carboxylic acids is 2. The number of amides is 2. The first-order chi connectivity index (χ1) is 13.3. The minimum absolute atomic E-state index is 0.00252. The van der Waals surface area contributed by atoms with Crippen molar-refractivity contribution in [2.45, 2.75) is 33.6 Å². The maximum atomic E-state index is 12.3. The van der Waals surface area contributed by atoms with Crippen LogP contribution in [-0.4, -0.2) is 34.9 Å². The van der Waals surface area contributed by atoms with Gasteiger partial charge in [-0.25, -0.2) is 0 Å². The quantitative estimate of drug-likeness (QED) is 0.709. The van der Waals surface area contributed by atoms with Crippen LogP contribution in [0.1, 0.15) is 59.9 Å². The normalized spacial score (nSPS) is 10.5. The maximum absolute atomic E-state index is 12.3. The van der Waals surface area contributed by atoms with E-state index in [1.165, 1.54) is 5.56 Å². The molecule has 6 heteroatoms. The average Bonchev–Trinajstić information content (AvgIpc) is 2.69. The summed E-state index contributed by atoms with van der Waals surface area (Å²) in [4.78, 5) is 26.4. The first kappa shape index (κ1) is 21.6. The molecule has 0 atom stereocenters. The van der Waals surface area contributed by atoms with Crippen LogP contribution < -0.4 is 10.6 Å². The number of anilines is 1. The van der Waals surface area contributed by atoms with Gasteiger partial charge >= 0.3 is 0 Å². The van der Waals surface area contributed by atoms with Gasteiger partial charge in [-0.2, -0.15) is 0 Å². The van der Waals surface area contributed by atoms with E-state index in [4.69, 9.17) is 12.2 Å². The summed E-state index contributed by atoms with van der Waals surface area (Å²) in [6.07, 6.45) is 0. The van der Waals surface area contributed by atoms with Crippen molar-refractivity contribution in [3.05, 3.63) is 65.2 Å². The van der Waals surface area contributed by atoms with Crippen molar-refractivity contribution in [2.75, 3.05) is 18.4 Å². The Balaban J connectivity index is 1.95. The lowest BCUT2D eigenvalue weighted by atomic mass is 10.0. The Hall–Kier alpha value is -2.73. The van der Waals surface area contributed by atoms with Gasteiger partial charge in [-0.1, -0.05) is 26.0 Å². The lowest BCUT2D eigenvalue weighted by Crippen LogP contribution is -2.34. The monoisotopic (exact) mass is 397 g/mol. The molecule has 0 heterocycles. The fourth-order valence-corrected chi connectivity index (χ4v) is 2.96. The highest BCUT2D eigenvalue weighted by Gasteiger charge is 2.13. The summed E-state index contributed by atoms with van der Waals surface area (Å²) in [6, 6.07) is 14.5. The van der Waals surface area contributed by atoms with E-state index in [9.17, 15) is 9.59 Å². The molecule has 5 nitrogen and oxygen atoms in total. The van der Waals surface area contributed by atoms with Gasteiger partial charge in [-0.3, -0.25) is 14.9 Å². The summed E-state index contributed by atoms with van der Waals surface area (Å²) in [6.45, 7) is 9.46. The van der Waals surface area contributed by atoms with E-state index in [1.54, 1.807) is 41.3 Å². The number of rotatable bonds is 6. The third-order valence-electron chi connectivity index (χ3n) is 4.51. The van der Waals surface area contributed by atoms with Crippen LogP contribution in [0.25, 0.3) is 0 Å². The third-order valence-corrected chi connectivity index (χ3v) is 4.71. The van der Waals surface area contributed by atoms with Gasteiger partial charge in [-0.05, 0) is 73.9 Å². The fraction of sp³-hybridized carbons (Fsp3) is 0.318. The lowest BCUT2D eigenvalue weighted by Gasteiger charge is -2.18. The Morgan fingerprint density at radius 3 is 1.96 bits per heavy atom. The van der Waals surface area contributed by atoms with Crippen LogP contribution in [0.2, 0.25) is 0 Å². The topological polar surface area (TPSA) is 61.4 Å². The standard InChI is InChI=1S/C22H27N3O2S/c1-5-25(6-2)21(27)18-11-13-19(14-12-18)23-22(28)24-20(26)17-9-7-16(8-10-17)15(3)4/h7-15H,5-6H2,1-4H3,(H2,23,24,26,28). The molecule has 2 aromatic carbocycles. The minimum atomic E-state index is -0.263. The molecular weight excluding hydrogens is 370 g/mol. The Morgan fingerprint density at radius 1 is 0.929 bits per heavy atom. The molecular formula is C22H27N3O2S. The second-order valence-electron chi connectivity index (χ2n) is 6.74. The van der Waals surface area contributed by atoms with Gasteiger partial charge < -0.3 is 10.2 Å².